The zero-order chi connectivity index (χ0) is 35.0. The van der Waals surface area contributed by atoms with Crippen LogP contribution in [0.2, 0.25) is 17.3 Å². The van der Waals surface area contributed by atoms with Crippen molar-refractivity contribution >= 4 is 50.8 Å². The van der Waals surface area contributed by atoms with E-state index >= 15 is 0 Å². The van der Waals surface area contributed by atoms with Gasteiger partial charge in [-0.15, -0.1) is 18.2 Å². The molecule has 0 unspecified atom stereocenters. The summed E-state index contributed by atoms with van der Waals surface area (Å²) in [4.78, 5) is 13.9. The van der Waals surface area contributed by atoms with Gasteiger partial charge >= 0.3 is 128 Å². The van der Waals surface area contributed by atoms with E-state index < -0.39 is 19.6 Å². The molecule has 0 atom stereocenters. The minimum Gasteiger partial charge on any atom is -0.486 e. The van der Waals surface area contributed by atoms with Crippen molar-refractivity contribution in [3.63, 3.8) is 0 Å². The molecule has 247 valence electrons. The molecule has 8 rings (SSSR count). The molecule has 4 heterocycles. The number of furan rings is 1. The number of imidazole rings is 1. The molecule has 0 spiro atoms. The van der Waals surface area contributed by atoms with Gasteiger partial charge in [-0.05, 0) is 36.4 Å². The minimum absolute atomic E-state index is 0. The molecule has 0 bridgehead atoms. The molecule has 49 heavy (non-hydrogen) atoms. The summed E-state index contributed by atoms with van der Waals surface area (Å²) in [6.45, 7) is 3.84. The Bertz CT molecular complexity index is 2440. The normalized spacial score (nSPS) is 12.4. The molecule has 4 aromatic carbocycles. The van der Waals surface area contributed by atoms with Crippen molar-refractivity contribution in [1.29, 1.82) is 0 Å². The number of hydrogen-bond acceptors (Lipinski definition) is 4. The van der Waals surface area contributed by atoms with Crippen LogP contribution >= 0.6 is 0 Å². The molecule has 0 fully saturated rings. The van der Waals surface area contributed by atoms with Gasteiger partial charge in [0, 0.05) is 37.4 Å². The van der Waals surface area contributed by atoms with Gasteiger partial charge < -0.3 is 8.98 Å². The summed E-state index contributed by atoms with van der Waals surface area (Å²) in [5, 5.41) is 2.01. The van der Waals surface area contributed by atoms with Gasteiger partial charge in [0.05, 0.1) is 22.4 Å². The largest absolute Gasteiger partial charge is 0.486 e. The van der Waals surface area contributed by atoms with Crippen LogP contribution in [-0.4, -0.2) is 32.8 Å². The fourth-order valence-electron chi connectivity index (χ4n) is 5.83. The standard InChI is InChI=1S/C24H14N3O.C18H24GeN.Ir/c1-2-8-16(9-3-1)27-21-14-5-4-13-20(21)26-23(27)19-11-6-10-17-18-12-7-15-25-24(18)28-22(17)19;1-14(2)11-16-12-17(19(3,4)5)13-20-18(16)15-9-7-6-8-10-15;/h1-10,12-15H;6-9,12-14H,11H2,1-5H3;/q2*-1;/i;11D2;. The van der Waals surface area contributed by atoms with Gasteiger partial charge in [0.15, 0.2) is 0 Å². The molecular weight excluding hydrogens is 841 g/mol. The van der Waals surface area contributed by atoms with Crippen molar-refractivity contribution in [3.8, 4) is 28.3 Å². The smallest absolute Gasteiger partial charge is 0.216 e. The number of aromatic nitrogens is 4. The molecule has 0 aliphatic rings. The molecule has 0 aliphatic carbocycles. The van der Waals surface area contributed by atoms with E-state index in [1.807, 2.05) is 105 Å². The molecule has 0 saturated heterocycles. The summed E-state index contributed by atoms with van der Waals surface area (Å²) < 4.78 is 26.6. The first-order valence-electron chi connectivity index (χ1n) is 17.2. The maximum Gasteiger partial charge on any atom is 0.216 e. The fraction of sp³-hybridized carbons (Fsp3) is 0.167. The van der Waals surface area contributed by atoms with E-state index in [1.165, 1.54) is 4.40 Å². The third kappa shape index (κ3) is 7.18. The molecule has 4 aromatic heterocycles. The Balaban J connectivity index is 0.000000178. The van der Waals surface area contributed by atoms with Crippen LogP contribution in [-0.2, 0) is 26.5 Å². The van der Waals surface area contributed by atoms with E-state index in [4.69, 9.17) is 12.1 Å². The van der Waals surface area contributed by atoms with Crippen molar-refractivity contribution in [2.24, 2.45) is 5.92 Å². The molecular formula is C42H38GeIrN4O-2. The second kappa shape index (κ2) is 14.6. The van der Waals surface area contributed by atoms with E-state index in [0.29, 0.717) is 11.3 Å². The zero-order valence-electron chi connectivity index (χ0n) is 30.2. The van der Waals surface area contributed by atoms with Crippen LogP contribution in [0.3, 0.4) is 0 Å². The predicted molar refractivity (Wildman–Crippen MR) is 200 cm³/mol. The van der Waals surface area contributed by atoms with Crippen LogP contribution in [0.25, 0.3) is 61.4 Å². The van der Waals surface area contributed by atoms with E-state index in [1.54, 1.807) is 6.20 Å². The molecule has 8 aromatic rings. The Labute approximate surface area is 307 Å². The molecule has 0 amide bonds. The summed E-state index contributed by atoms with van der Waals surface area (Å²) in [6, 6.07) is 42.5. The second-order valence-corrected chi connectivity index (χ2v) is 23.7. The summed E-state index contributed by atoms with van der Waals surface area (Å²) >= 11 is -2.06. The minimum atomic E-state index is -2.06. The first-order chi connectivity index (χ1) is 24.0. The van der Waals surface area contributed by atoms with Crippen LogP contribution in [0.4, 0.5) is 0 Å². The summed E-state index contributed by atoms with van der Waals surface area (Å²) in [7, 11) is 0. The number of pyridine rings is 2. The van der Waals surface area contributed by atoms with Crippen molar-refractivity contribution in [1.82, 2.24) is 19.5 Å². The van der Waals surface area contributed by atoms with Crippen LogP contribution < -0.4 is 4.40 Å². The summed E-state index contributed by atoms with van der Waals surface area (Å²) in [5.41, 5.74) is 7.50. The topological polar surface area (TPSA) is 56.7 Å². The molecule has 0 saturated carbocycles. The van der Waals surface area contributed by atoms with Crippen LogP contribution in [0, 0.1) is 18.1 Å². The Kier molecular flexibility index (Phi) is 9.52. The van der Waals surface area contributed by atoms with Gasteiger partial charge in [-0.2, -0.15) is 0 Å². The average molecular weight is 882 g/mol. The number of nitrogens with zero attached hydrogens (tertiary/aromatic N) is 4. The van der Waals surface area contributed by atoms with Gasteiger partial charge in [0.1, 0.15) is 0 Å². The number of fused-ring (bicyclic) bond motifs is 4. The number of rotatable bonds is 6. The van der Waals surface area contributed by atoms with Crippen molar-refractivity contribution < 1.29 is 27.3 Å². The monoisotopic (exact) mass is 883 g/mol. The maximum absolute atomic E-state index is 8.55. The van der Waals surface area contributed by atoms with E-state index in [0.717, 1.165) is 55.7 Å². The quantitative estimate of drug-likeness (QED) is 0.123. The summed E-state index contributed by atoms with van der Waals surface area (Å²) in [6.07, 6.45) is 2.28. The first-order valence-corrected chi connectivity index (χ1v) is 23.6. The molecule has 1 radical (unpaired) electrons. The Morgan fingerprint density at radius 1 is 0.837 bits per heavy atom. The number of benzene rings is 4. The van der Waals surface area contributed by atoms with Crippen LogP contribution in [0.15, 0.2) is 126 Å². The SMILES string of the molecule is [2H]C([2H])(c1c[c]([Ge]([CH3])([CH3])[CH3])cnc1-c1[c-]cccc1)C(C)C.[Ir].[c-]1ccc2c(oc3ncccc32)c1-c1nc2ccccc2n1-c1ccccc1. The molecule has 7 heteroatoms. The van der Waals surface area contributed by atoms with E-state index in [9.17, 15) is 0 Å². The van der Waals surface area contributed by atoms with Gasteiger partial charge in [0.25, 0.3) is 0 Å². The molecule has 0 aliphatic heterocycles. The van der Waals surface area contributed by atoms with Crippen molar-refractivity contribution in [2.75, 3.05) is 0 Å². The maximum atomic E-state index is 8.55. The third-order valence-corrected chi connectivity index (χ3v) is 12.4. The van der Waals surface area contributed by atoms with Crippen molar-refractivity contribution in [3.05, 3.63) is 139 Å². The Morgan fingerprint density at radius 3 is 2.37 bits per heavy atom. The van der Waals surface area contributed by atoms with E-state index in [-0.39, 0.29) is 26.0 Å². The predicted octanol–water partition coefficient (Wildman–Crippen LogP) is 10.1. The number of para-hydroxylation sites is 3. The van der Waals surface area contributed by atoms with Gasteiger partial charge in [-0.25, -0.2) is 4.98 Å². The second-order valence-electron chi connectivity index (χ2n) is 13.1. The van der Waals surface area contributed by atoms with Crippen molar-refractivity contribution in [2.45, 2.75) is 37.5 Å². The van der Waals surface area contributed by atoms with Crippen LogP contribution in [0.5, 0.6) is 0 Å². The average Bonchev–Trinajstić information content (AvgIpc) is 3.71. The zero-order valence-corrected chi connectivity index (χ0v) is 32.6. The molecule has 5 nitrogen and oxygen atoms in total. The van der Waals surface area contributed by atoms with Gasteiger partial charge in [0.2, 0.25) is 5.71 Å². The van der Waals surface area contributed by atoms with Crippen LogP contribution in [0.1, 0.15) is 22.2 Å². The third-order valence-electron chi connectivity index (χ3n) is 8.17. The molecule has 0 N–H and O–H groups in total. The fourth-order valence-corrected chi connectivity index (χ4v) is 7.98. The Morgan fingerprint density at radius 2 is 1.61 bits per heavy atom. The van der Waals surface area contributed by atoms with Gasteiger partial charge in [-0.3, -0.25) is 4.98 Å². The van der Waals surface area contributed by atoms with E-state index in [2.05, 4.69) is 68.2 Å². The number of hydrogen-bond donors (Lipinski definition) is 0. The Hall–Kier alpha value is -4.36. The summed E-state index contributed by atoms with van der Waals surface area (Å²) in [5.74, 6) is 7.61. The first kappa shape index (κ1) is 31.9. The van der Waals surface area contributed by atoms with Gasteiger partial charge in [-0.1, -0.05) is 41.3 Å².